The van der Waals surface area contributed by atoms with Gasteiger partial charge in [0.25, 0.3) is 0 Å². The van der Waals surface area contributed by atoms with Gasteiger partial charge >= 0.3 is 0 Å². The van der Waals surface area contributed by atoms with Crippen molar-refractivity contribution in [2.75, 3.05) is 38.6 Å². The molecule has 5 nitrogen and oxygen atoms in total. The number of nitrogens with one attached hydrogen (secondary N) is 1. The third-order valence-corrected chi connectivity index (χ3v) is 5.69. The predicted octanol–water partition coefficient (Wildman–Crippen LogP) is 4.61. The Balaban J connectivity index is 1.55. The number of nitrogens with zero attached hydrogens (tertiary/aromatic N) is 2. The third-order valence-electron chi connectivity index (χ3n) is 5.33. The molecule has 2 aromatic rings. The Bertz CT molecular complexity index is 710. The summed E-state index contributed by atoms with van der Waals surface area (Å²) in [6, 6.07) is 11.7. The smallest absolute Gasteiger partial charge is 0.173 e. The molecule has 1 saturated heterocycles. The average Bonchev–Trinajstić information content (AvgIpc) is 3.22. The standard InChI is InChI=1S/C22H31N3O2S/c1-18-10-14-24(15-11-18)12-4-13-25(17-21-5-3-16-27-21)22(28)23-19-6-8-20(26-2)9-7-19/h3,5-9,16,18H,4,10-15,17H2,1-2H3,(H,23,28). The monoisotopic (exact) mass is 401 g/mol. The highest BCUT2D eigenvalue weighted by Crippen LogP contribution is 2.18. The topological polar surface area (TPSA) is 40.9 Å². The molecule has 3 rings (SSSR count). The van der Waals surface area contributed by atoms with Gasteiger partial charge in [-0.2, -0.15) is 0 Å². The van der Waals surface area contributed by atoms with Crippen LogP contribution in [-0.2, 0) is 6.54 Å². The van der Waals surface area contributed by atoms with Crippen LogP contribution in [0.4, 0.5) is 5.69 Å². The van der Waals surface area contributed by atoms with Crippen LogP contribution in [0.15, 0.2) is 47.1 Å². The van der Waals surface area contributed by atoms with E-state index in [0.717, 1.165) is 42.6 Å². The van der Waals surface area contributed by atoms with E-state index in [2.05, 4.69) is 22.0 Å². The van der Waals surface area contributed by atoms with Crippen molar-refractivity contribution in [3.05, 3.63) is 48.4 Å². The molecule has 152 valence electrons. The van der Waals surface area contributed by atoms with Gasteiger partial charge in [-0.15, -0.1) is 0 Å². The fourth-order valence-electron chi connectivity index (χ4n) is 3.49. The molecule has 0 saturated carbocycles. The molecule has 0 spiro atoms. The van der Waals surface area contributed by atoms with E-state index in [1.54, 1.807) is 13.4 Å². The van der Waals surface area contributed by atoms with Gasteiger partial charge in [0.2, 0.25) is 0 Å². The number of likely N-dealkylation sites (tertiary alicyclic amines) is 1. The maximum Gasteiger partial charge on any atom is 0.173 e. The van der Waals surface area contributed by atoms with Gasteiger partial charge in [0.15, 0.2) is 5.11 Å². The molecule has 1 aromatic carbocycles. The fraction of sp³-hybridized carbons (Fsp3) is 0.500. The van der Waals surface area contributed by atoms with E-state index in [4.69, 9.17) is 21.4 Å². The number of furan rings is 1. The molecule has 1 fully saturated rings. The Kier molecular flexibility index (Phi) is 7.74. The number of hydrogen-bond donors (Lipinski definition) is 1. The molecule has 0 unspecified atom stereocenters. The van der Waals surface area contributed by atoms with Gasteiger partial charge in [-0.05, 0) is 93.4 Å². The van der Waals surface area contributed by atoms with E-state index >= 15 is 0 Å². The zero-order chi connectivity index (χ0) is 19.8. The lowest BCUT2D eigenvalue weighted by atomic mass is 9.99. The van der Waals surface area contributed by atoms with Crippen LogP contribution in [0.1, 0.15) is 31.9 Å². The van der Waals surface area contributed by atoms with Crippen molar-refractivity contribution in [1.82, 2.24) is 9.80 Å². The second-order valence-corrected chi connectivity index (χ2v) is 7.92. The molecular formula is C22H31N3O2S. The van der Waals surface area contributed by atoms with Crippen LogP contribution in [0, 0.1) is 5.92 Å². The van der Waals surface area contributed by atoms with Crippen LogP contribution in [0.2, 0.25) is 0 Å². The Morgan fingerprint density at radius 1 is 1.25 bits per heavy atom. The Morgan fingerprint density at radius 3 is 2.64 bits per heavy atom. The lowest BCUT2D eigenvalue weighted by molar-refractivity contribution is 0.185. The van der Waals surface area contributed by atoms with Gasteiger partial charge < -0.3 is 24.3 Å². The SMILES string of the molecule is COc1ccc(NC(=S)N(CCCN2CCC(C)CC2)Cc2ccco2)cc1. The lowest BCUT2D eigenvalue weighted by Gasteiger charge is -2.31. The molecule has 0 bridgehead atoms. The first-order chi connectivity index (χ1) is 13.6. The van der Waals surface area contributed by atoms with Crippen molar-refractivity contribution in [3.63, 3.8) is 0 Å². The zero-order valence-electron chi connectivity index (χ0n) is 16.9. The van der Waals surface area contributed by atoms with E-state index in [1.807, 2.05) is 36.4 Å². The van der Waals surface area contributed by atoms with Gasteiger partial charge in [-0.25, -0.2) is 0 Å². The van der Waals surface area contributed by atoms with E-state index < -0.39 is 0 Å². The van der Waals surface area contributed by atoms with Crippen LogP contribution in [-0.4, -0.2) is 48.2 Å². The van der Waals surface area contributed by atoms with Crippen LogP contribution in [0.25, 0.3) is 0 Å². The first kappa shape index (κ1) is 20.7. The second kappa shape index (κ2) is 10.5. The van der Waals surface area contributed by atoms with Crippen molar-refractivity contribution < 1.29 is 9.15 Å². The number of anilines is 1. The first-order valence-electron chi connectivity index (χ1n) is 10.1. The number of benzene rings is 1. The largest absolute Gasteiger partial charge is 0.497 e. The maximum atomic E-state index is 5.71. The minimum Gasteiger partial charge on any atom is -0.497 e. The Hall–Kier alpha value is -2.05. The van der Waals surface area contributed by atoms with Gasteiger partial charge in [0.1, 0.15) is 11.5 Å². The summed E-state index contributed by atoms with van der Waals surface area (Å²) < 4.78 is 10.8. The normalized spacial score (nSPS) is 15.4. The van der Waals surface area contributed by atoms with E-state index in [0.29, 0.717) is 11.7 Å². The quantitative estimate of drug-likeness (QED) is 0.652. The maximum absolute atomic E-state index is 5.71. The highest BCUT2D eigenvalue weighted by atomic mass is 32.1. The van der Waals surface area contributed by atoms with Crippen molar-refractivity contribution in [3.8, 4) is 5.75 Å². The Labute approximate surface area is 173 Å². The molecule has 6 heteroatoms. The van der Waals surface area contributed by atoms with Gasteiger partial charge in [-0.3, -0.25) is 0 Å². The van der Waals surface area contributed by atoms with Crippen LogP contribution in [0.3, 0.4) is 0 Å². The second-order valence-electron chi connectivity index (χ2n) is 7.54. The van der Waals surface area contributed by atoms with Gasteiger partial charge in [0, 0.05) is 12.2 Å². The molecule has 0 radical (unpaired) electrons. The molecule has 0 amide bonds. The average molecular weight is 402 g/mol. The molecule has 1 aliphatic rings. The van der Waals surface area contributed by atoms with Crippen molar-refractivity contribution in [1.29, 1.82) is 0 Å². The molecule has 0 aliphatic carbocycles. The summed E-state index contributed by atoms with van der Waals surface area (Å²) >= 11 is 5.71. The van der Waals surface area contributed by atoms with Crippen LogP contribution in [0.5, 0.6) is 5.75 Å². The molecular weight excluding hydrogens is 370 g/mol. The van der Waals surface area contributed by atoms with Crippen molar-refractivity contribution in [2.45, 2.75) is 32.7 Å². The summed E-state index contributed by atoms with van der Waals surface area (Å²) in [5.74, 6) is 2.62. The molecule has 1 N–H and O–H groups in total. The summed E-state index contributed by atoms with van der Waals surface area (Å²) in [5.41, 5.74) is 0.959. The van der Waals surface area contributed by atoms with E-state index in [1.165, 1.54) is 25.9 Å². The molecule has 1 aliphatic heterocycles. The summed E-state index contributed by atoms with van der Waals surface area (Å²) in [6.45, 7) is 7.47. The minimum absolute atomic E-state index is 0.673. The molecule has 0 atom stereocenters. The van der Waals surface area contributed by atoms with Gasteiger partial charge in [0.05, 0.1) is 19.9 Å². The highest BCUT2D eigenvalue weighted by Gasteiger charge is 2.17. The summed E-state index contributed by atoms with van der Waals surface area (Å²) in [7, 11) is 1.67. The fourth-order valence-corrected chi connectivity index (χ4v) is 3.76. The number of piperidine rings is 1. The van der Waals surface area contributed by atoms with E-state index in [9.17, 15) is 0 Å². The molecule has 1 aromatic heterocycles. The lowest BCUT2D eigenvalue weighted by Crippen LogP contribution is -2.38. The van der Waals surface area contributed by atoms with Gasteiger partial charge in [-0.1, -0.05) is 6.92 Å². The summed E-state index contributed by atoms with van der Waals surface area (Å²) in [5, 5.41) is 4.06. The number of methoxy groups -OCH3 is 1. The van der Waals surface area contributed by atoms with Crippen LogP contribution >= 0.6 is 12.2 Å². The predicted molar refractivity (Wildman–Crippen MR) is 118 cm³/mol. The molecule has 28 heavy (non-hydrogen) atoms. The third kappa shape index (κ3) is 6.24. The van der Waals surface area contributed by atoms with Crippen molar-refractivity contribution in [2.24, 2.45) is 5.92 Å². The first-order valence-corrected chi connectivity index (χ1v) is 10.5. The Morgan fingerprint density at radius 2 is 2.00 bits per heavy atom. The zero-order valence-corrected chi connectivity index (χ0v) is 17.7. The number of rotatable bonds is 8. The highest BCUT2D eigenvalue weighted by molar-refractivity contribution is 7.80. The number of ether oxygens (including phenoxy) is 1. The minimum atomic E-state index is 0.673. The van der Waals surface area contributed by atoms with E-state index in [-0.39, 0.29) is 0 Å². The van der Waals surface area contributed by atoms with Crippen LogP contribution < -0.4 is 10.1 Å². The molecule has 2 heterocycles. The summed E-state index contributed by atoms with van der Waals surface area (Å²) in [6.07, 6.45) is 5.42. The number of thiocarbonyl (C=S) groups is 1. The number of hydrogen-bond acceptors (Lipinski definition) is 4. The summed E-state index contributed by atoms with van der Waals surface area (Å²) in [4.78, 5) is 4.76. The van der Waals surface area contributed by atoms with Crippen molar-refractivity contribution >= 4 is 23.0 Å².